The van der Waals surface area contributed by atoms with Crippen molar-refractivity contribution in [3.05, 3.63) is 72.6 Å². The summed E-state index contributed by atoms with van der Waals surface area (Å²) in [4.78, 5) is 26.4. The van der Waals surface area contributed by atoms with Crippen LogP contribution in [0.2, 0.25) is 0 Å². The molecular weight excluding hydrogens is 356 g/mol. The van der Waals surface area contributed by atoms with Crippen LogP contribution in [0.1, 0.15) is 12.0 Å². The molecule has 2 aromatic carbocycles. The van der Waals surface area contributed by atoms with E-state index in [1.54, 1.807) is 35.0 Å². The number of benzene rings is 2. The van der Waals surface area contributed by atoms with E-state index < -0.39 is 6.10 Å². The first-order chi connectivity index (χ1) is 13.6. The highest BCUT2D eigenvalue weighted by atomic mass is 16.5. The summed E-state index contributed by atoms with van der Waals surface area (Å²) < 4.78 is 7.47. The molecule has 2 heterocycles. The summed E-state index contributed by atoms with van der Waals surface area (Å²) in [6.07, 6.45) is 2.76. The molecular formula is C21H20N4O3. The molecule has 1 atom stereocenters. The number of rotatable bonds is 5. The van der Waals surface area contributed by atoms with Gasteiger partial charge >= 0.3 is 0 Å². The number of carbonyl (C=O) groups excluding carboxylic acids is 2. The fourth-order valence-electron chi connectivity index (χ4n) is 3.07. The monoisotopic (exact) mass is 376 g/mol. The van der Waals surface area contributed by atoms with Crippen LogP contribution in [0.4, 0.5) is 5.69 Å². The van der Waals surface area contributed by atoms with Gasteiger partial charge < -0.3 is 15.0 Å². The van der Waals surface area contributed by atoms with Gasteiger partial charge in [0, 0.05) is 25.4 Å². The molecule has 1 aliphatic rings. The number of anilines is 1. The van der Waals surface area contributed by atoms with Crippen molar-refractivity contribution in [3.63, 3.8) is 0 Å². The molecule has 7 nitrogen and oxygen atoms in total. The standard InChI is InChI=1S/C21H20N4O3/c1-24(13-15-12-22-25(14-15)16-7-3-2-4-8-16)20(26)11-19-21(27)23-17-9-5-6-10-18(17)28-19/h2-10,12,14,19H,11,13H2,1H3,(H,23,27)/t19-/m0/s1. The smallest absolute Gasteiger partial charge is 0.266 e. The summed E-state index contributed by atoms with van der Waals surface area (Å²) in [6, 6.07) is 16.9. The highest BCUT2D eigenvalue weighted by Gasteiger charge is 2.30. The van der Waals surface area contributed by atoms with Crippen LogP contribution in [0.3, 0.4) is 0 Å². The maximum Gasteiger partial charge on any atom is 0.266 e. The number of ether oxygens (including phenoxy) is 1. The summed E-state index contributed by atoms with van der Waals surface area (Å²) in [7, 11) is 1.71. The Morgan fingerprint density at radius 3 is 2.75 bits per heavy atom. The Morgan fingerprint density at radius 1 is 1.18 bits per heavy atom. The fraction of sp³-hybridized carbons (Fsp3) is 0.190. The molecule has 28 heavy (non-hydrogen) atoms. The number of amides is 2. The molecule has 0 unspecified atom stereocenters. The normalized spacial score (nSPS) is 15.3. The third-order valence-electron chi connectivity index (χ3n) is 4.57. The zero-order valence-corrected chi connectivity index (χ0v) is 15.4. The van der Waals surface area contributed by atoms with E-state index in [4.69, 9.17) is 4.74 Å². The van der Waals surface area contributed by atoms with Crippen molar-refractivity contribution < 1.29 is 14.3 Å². The lowest BCUT2D eigenvalue weighted by Crippen LogP contribution is -2.41. The average Bonchev–Trinajstić information content (AvgIpc) is 3.17. The molecule has 1 aliphatic heterocycles. The van der Waals surface area contributed by atoms with Gasteiger partial charge in [-0.15, -0.1) is 0 Å². The number of carbonyl (C=O) groups is 2. The van der Waals surface area contributed by atoms with E-state index in [9.17, 15) is 9.59 Å². The van der Waals surface area contributed by atoms with Crippen LogP contribution in [0.25, 0.3) is 5.69 Å². The SMILES string of the molecule is CN(Cc1cnn(-c2ccccc2)c1)C(=O)C[C@@H]1Oc2ccccc2NC1=O. The molecule has 0 aliphatic carbocycles. The molecule has 1 aromatic heterocycles. The number of fused-ring (bicyclic) bond motifs is 1. The molecule has 0 fully saturated rings. The van der Waals surface area contributed by atoms with Gasteiger partial charge in [0.1, 0.15) is 5.75 Å². The zero-order chi connectivity index (χ0) is 19.5. The van der Waals surface area contributed by atoms with Gasteiger partial charge in [-0.25, -0.2) is 4.68 Å². The molecule has 0 bridgehead atoms. The van der Waals surface area contributed by atoms with E-state index >= 15 is 0 Å². The van der Waals surface area contributed by atoms with E-state index in [2.05, 4.69) is 10.4 Å². The average molecular weight is 376 g/mol. The number of aromatic nitrogens is 2. The van der Waals surface area contributed by atoms with E-state index in [0.717, 1.165) is 11.3 Å². The van der Waals surface area contributed by atoms with Crippen molar-refractivity contribution >= 4 is 17.5 Å². The second-order valence-corrected chi connectivity index (χ2v) is 6.67. The first-order valence-corrected chi connectivity index (χ1v) is 8.99. The molecule has 4 rings (SSSR count). The molecule has 3 aromatic rings. The minimum Gasteiger partial charge on any atom is -0.478 e. The summed E-state index contributed by atoms with van der Waals surface area (Å²) in [5.74, 6) is 0.0935. The lowest BCUT2D eigenvalue weighted by molar-refractivity contribution is -0.136. The van der Waals surface area contributed by atoms with Gasteiger partial charge in [-0.05, 0) is 24.3 Å². The minimum absolute atomic E-state index is 0.0243. The first kappa shape index (κ1) is 17.8. The van der Waals surface area contributed by atoms with Crippen LogP contribution in [-0.2, 0) is 16.1 Å². The Balaban J connectivity index is 1.38. The third kappa shape index (κ3) is 3.73. The van der Waals surface area contributed by atoms with Crippen molar-refractivity contribution in [1.82, 2.24) is 14.7 Å². The summed E-state index contributed by atoms with van der Waals surface area (Å²) >= 11 is 0. The number of hydrogen-bond donors (Lipinski definition) is 1. The minimum atomic E-state index is -0.836. The molecule has 7 heteroatoms. The quantitative estimate of drug-likeness (QED) is 0.743. The van der Waals surface area contributed by atoms with Crippen LogP contribution in [0.15, 0.2) is 67.0 Å². The van der Waals surface area contributed by atoms with Crippen molar-refractivity contribution in [2.24, 2.45) is 0 Å². The Kier molecular flexibility index (Phi) is 4.80. The highest BCUT2D eigenvalue weighted by molar-refractivity contribution is 5.99. The van der Waals surface area contributed by atoms with Crippen LogP contribution in [0, 0.1) is 0 Å². The Labute approximate surface area is 162 Å². The second-order valence-electron chi connectivity index (χ2n) is 6.67. The molecule has 0 spiro atoms. The van der Waals surface area contributed by atoms with Crippen molar-refractivity contribution in [1.29, 1.82) is 0 Å². The third-order valence-corrected chi connectivity index (χ3v) is 4.57. The van der Waals surface area contributed by atoms with Gasteiger partial charge in [-0.3, -0.25) is 9.59 Å². The Hall–Kier alpha value is -3.61. The second kappa shape index (κ2) is 7.56. The molecule has 1 N–H and O–H groups in total. The van der Waals surface area contributed by atoms with Crippen molar-refractivity contribution in [2.75, 3.05) is 12.4 Å². The van der Waals surface area contributed by atoms with Gasteiger partial charge in [0.2, 0.25) is 5.91 Å². The van der Waals surface area contributed by atoms with Crippen molar-refractivity contribution in [2.45, 2.75) is 19.1 Å². The summed E-state index contributed by atoms with van der Waals surface area (Å²) in [5, 5.41) is 7.12. The van der Waals surface area contributed by atoms with E-state index in [1.807, 2.05) is 48.7 Å². The summed E-state index contributed by atoms with van der Waals surface area (Å²) in [5.41, 5.74) is 2.48. The zero-order valence-electron chi connectivity index (χ0n) is 15.4. The van der Waals surface area contributed by atoms with E-state index in [1.165, 1.54) is 0 Å². The number of hydrogen-bond acceptors (Lipinski definition) is 4. The largest absolute Gasteiger partial charge is 0.478 e. The van der Waals surface area contributed by atoms with Gasteiger partial charge in [0.15, 0.2) is 6.10 Å². The van der Waals surface area contributed by atoms with Gasteiger partial charge in [0.05, 0.1) is 24.0 Å². The number of nitrogens with zero attached hydrogens (tertiary/aromatic N) is 3. The fourth-order valence-corrected chi connectivity index (χ4v) is 3.07. The molecule has 142 valence electrons. The van der Waals surface area contributed by atoms with Crippen LogP contribution >= 0.6 is 0 Å². The van der Waals surface area contributed by atoms with Gasteiger partial charge in [0.25, 0.3) is 5.91 Å². The predicted molar refractivity (Wildman–Crippen MR) is 104 cm³/mol. The predicted octanol–water partition coefficient (Wildman–Crippen LogP) is 2.62. The molecule has 2 amide bonds. The topological polar surface area (TPSA) is 76.5 Å². The van der Waals surface area contributed by atoms with Crippen LogP contribution in [0.5, 0.6) is 5.75 Å². The van der Waals surface area contributed by atoms with Gasteiger partial charge in [-0.2, -0.15) is 5.10 Å². The lowest BCUT2D eigenvalue weighted by Gasteiger charge is -2.26. The summed E-state index contributed by atoms with van der Waals surface area (Å²) in [6.45, 7) is 0.399. The maximum absolute atomic E-state index is 12.6. The Morgan fingerprint density at radius 2 is 1.93 bits per heavy atom. The molecule has 0 radical (unpaired) electrons. The maximum atomic E-state index is 12.6. The van der Waals surface area contributed by atoms with E-state index in [0.29, 0.717) is 18.0 Å². The molecule has 0 saturated heterocycles. The Bertz CT molecular complexity index is 1000. The first-order valence-electron chi connectivity index (χ1n) is 8.99. The van der Waals surface area contributed by atoms with Crippen molar-refractivity contribution in [3.8, 4) is 11.4 Å². The lowest BCUT2D eigenvalue weighted by atomic mass is 10.1. The number of nitrogens with one attached hydrogen (secondary N) is 1. The highest BCUT2D eigenvalue weighted by Crippen LogP contribution is 2.29. The van der Waals surface area contributed by atoms with Crippen LogP contribution in [-0.4, -0.2) is 39.6 Å². The molecule has 0 saturated carbocycles. The van der Waals surface area contributed by atoms with Crippen LogP contribution < -0.4 is 10.1 Å². The van der Waals surface area contributed by atoms with E-state index in [-0.39, 0.29) is 18.2 Å². The number of para-hydroxylation sites is 3. The van der Waals surface area contributed by atoms with Gasteiger partial charge in [-0.1, -0.05) is 30.3 Å².